The fraction of sp³-hybridized carbons (Fsp3) is 0. The summed E-state index contributed by atoms with van der Waals surface area (Å²) in [5.41, 5.74) is 7.30. The van der Waals surface area contributed by atoms with Crippen LogP contribution in [0.5, 0.6) is 23.0 Å². The van der Waals surface area contributed by atoms with Crippen LogP contribution in [0, 0.1) is 0 Å². The first kappa shape index (κ1) is 26.1. The maximum atomic E-state index is 6.58. The van der Waals surface area contributed by atoms with E-state index in [0.29, 0.717) is 28.0 Å². The average Bonchev–Trinajstić information content (AvgIpc) is 3.08. The first-order chi connectivity index (χ1) is 21.7. The van der Waals surface area contributed by atoms with Crippen molar-refractivity contribution in [1.29, 1.82) is 0 Å². The maximum Gasteiger partial charge on any atom is 0.177 e. The van der Waals surface area contributed by atoms with Crippen molar-refractivity contribution < 1.29 is 9.47 Å². The number of rotatable bonds is 5. The Morgan fingerprint density at radius 1 is 0.409 bits per heavy atom. The van der Waals surface area contributed by atoms with Crippen LogP contribution in [-0.2, 0) is 0 Å². The Morgan fingerprint density at radius 3 is 1.55 bits per heavy atom. The van der Waals surface area contributed by atoms with E-state index in [2.05, 4.69) is 102 Å². The molecule has 0 aromatic heterocycles. The van der Waals surface area contributed by atoms with E-state index in [9.17, 15) is 0 Å². The molecule has 1 aliphatic rings. The van der Waals surface area contributed by atoms with E-state index in [1.54, 1.807) is 0 Å². The summed E-state index contributed by atoms with van der Waals surface area (Å²) in [5.74, 6) is 2.77. The van der Waals surface area contributed by atoms with Gasteiger partial charge in [0.1, 0.15) is 0 Å². The number of ether oxygens (including phenoxy) is 2. The summed E-state index contributed by atoms with van der Waals surface area (Å²) in [6.45, 7) is 0. The molecule has 0 radical (unpaired) electrons. The van der Waals surface area contributed by atoms with Crippen molar-refractivity contribution in [1.82, 2.24) is 0 Å². The van der Waals surface area contributed by atoms with Gasteiger partial charge in [0, 0.05) is 27.6 Å². The fourth-order valence-corrected chi connectivity index (χ4v) is 5.91. The largest absolute Gasteiger partial charge is 0.449 e. The van der Waals surface area contributed by atoms with Gasteiger partial charge in [-0.05, 0) is 100 Å². The number of benzene rings is 7. The van der Waals surface area contributed by atoms with Crippen LogP contribution in [0.3, 0.4) is 0 Å². The van der Waals surface area contributed by atoms with Crippen LogP contribution in [0.15, 0.2) is 158 Å². The smallest absolute Gasteiger partial charge is 0.177 e. The van der Waals surface area contributed by atoms with E-state index in [4.69, 9.17) is 21.1 Å². The molecule has 0 unspecified atom stereocenters. The van der Waals surface area contributed by atoms with E-state index in [-0.39, 0.29) is 0 Å². The van der Waals surface area contributed by atoms with Crippen LogP contribution in [-0.4, -0.2) is 0 Å². The van der Waals surface area contributed by atoms with E-state index in [1.165, 1.54) is 0 Å². The Bertz CT molecular complexity index is 2070. The monoisotopic (exact) mass is 587 g/mol. The van der Waals surface area contributed by atoms with Gasteiger partial charge in [-0.3, -0.25) is 0 Å². The lowest BCUT2D eigenvalue weighted by Crippen LogP contribution is -2.09. The molecule has 1 heterocycles. The molecule has 0 aliphatic carbocycles. The molecular weight excluding hydrogens is 562 g/mol. The summed E-state index contributed by atoms with van der Waals surface area (Å²) in [6, 6.07) is 53.8. The van der Waals surface area contributed by atoms with Gasteiger partial charge in [-0.2, -0.15) is 0 Å². The lowest BCUT2D eigenvalue weighted by molar-refractivity contribution is 0.362. The van der Waals surface area contributed by atoms with E-state index in [1.807, 2.05) is 60.7 Å². The molecule has 3 nitrogen and oxygen atoms in total. The molecule has 0 atom stereocenters. The molecule has 4 heteroatoms. The van der Waals surface area contributed by atoms with Gasteiger partial charge in [0.05, 0.1) is 0 Å². The summed E-state index contributed by atoms with van der Waals surface area (Å²) < 4.78 is 13.1. The SMILES string of the molecule is Clc1ccc(-c2cc(-c3ccc(N(c4ccccc4)c4ccccc4)cc3)cc3c2Oc2cc4ccccc4cc2O3)cc1. The molecule has 8 rings (SSSR count). The summed E-state index contributed by atoms with van der Waals surface area (Å²) in [5, 5.41) is 2.89. The number of fused-ring (bicyclic) bond motifs is 3. The topological polar surface area (TPSA) is 21.7 Å². The molecular formula is C40H26ClNO2. The highest BCUT2D eigenvalue weighted by atomic mass is 35.5. The normalized spacial score (nSPS) is 11.7. The van der Waals surface area contributed by atoms with Gasteiger partial charge >= 0.3 is 0 Å². The number of hydrogen-bond acceptors (Lipinski definition) is 3. The maximum absolute atomic E-state index is 6.58. The lowest BCUT2D eigenvalue weighted by Gasteiger charge is -2.26. The first-order valence-corrected chi connectivity index (χ1v) is 14.9. The summed E-state index contributed by atoms with van der Waals surface area (Å²) in [7, 11) is 0. The molecule has 0 amide bonds. The molecule has 210 valence electrons. The number of para-hydroxylation sites is 2. The second-order valence-electron chi connectivity index (χ2n) is 10.8. The molecule has 44 heavy (non-hydrogen) atoms. The molecule has 7 aromatic carbocycles. The highest BCUT2D eigenvalue weighted by Crippen LogP contribution is 2.52. The summed E-state index contributed by atoms with van der Waals surface area (Å²) in [6.07, 6.45) is 0. The first-order valence-electron chi connectivity index (χ1n) is 14.5. The molecule has 0 saturated carbocycles. The Kier molecular flexibility index (Phi) is 6.51. The molecule has 0 fully saturated rings. The molecule has 0 spiro atoms. The number of hydrogen-bond donors (Lipinski definition) is 0. The van der Waals surface area contributed by atoms with Gasteiger partial charge in [-0.1, -0.05) is 96.5 Å². The second-order valence-corrected chi connectivity index (χ2v) is 11.2. The third-order valence-electron chi connectivity index (χ3n) is 7.94. The summed E-state index contributed by atoms with van der Waals surface area (Å²) in [4.78, 5) is 2.26. The average molecular weight is 588 g/mol. The standard InChI is InChI=1S/C40H26ClNO2/c41-32-19-15-28(16-20-32)36-23-31(26-39-40(36)44-38-25-30-10-8-7-9-29(30)24-37(38)43-39)27-17-21-35(22-18-27)42(33-11-3-1-4-12-33)34-13-5-2-6-14-34/h1-26H. The van der Waals surface area contributed by atoms with Crippen LogP contribution >= 0.6 is 11.6 Å². The van der Waals surface area contributed by atoms with Crippen molar-refractivity contribution in [3.63, 3.8) is 0 Å². The molecule has 7 aromatic rings. The van der Waals surface area contributed by atoms with Crippen molar-refractivity contribution >= 4 is 39.4 Å². The predicted octanol–water partition coefficient (Wildman–Crippen LogP) is 12.2. The third kappa shape index (κ3) is 4.84. The van der Waals surface area contributed by atoms with Crippen molar-refractivity contribution in [2.75, 3.05) is 4.90 Å². The van der Waals surface area contributed by atoms with Crippen molar-refractivity contribution in [3.8, 4) is 45.3 Å². The quantitative estimate of drug-likeness (QED) is 0.200. The Morgan fingerprint density at radius 2 is 0.932 bits per heavy atom. The number of halogens is 1. The summed E-state index contributed by atoms with van der Waals surface area (Å²) >= 11 is 6.26. The van der Waals surface area contributed by atoms with Gasteiger partial charge in [0.15, 0.2) is 23.0 Å². The number of nitrogens with zero attached hydrogens (tertiary/aromatic N) is 1. The van der Waals surface area contributed by atoms with Crippen LogP contribution in [0.25, 0.3) is 33.0 Å². The predicted molar refractivity (Wildman–Crippen MR) is 181 cm³/mol. The molecule has 0 N–H and O–H groups in total. The Hall–Kier alpha value is -5.51. The number of anilines is 3. The van der Waals surface area contributed by atoms with Gasteiger partial charge in [0.2, 0.25) is 0 Å². The van der Waals surface area contributed by atoms with Gasteiger partial charge in [-0.15, -0.1) is 0 Å². The van der Waals surface area contributed by atoms with Crippen molar-refractivity contribution in [2.45, 2.75) is 0 Å². The second kappa shape index (κ2) is 11.0. The van der Waals surface area contributed by atoms with E-state index >= 15 is 0 Å². The van der Waals surface area contributed by atoms with Gasteiger partial charge in [0.25, 0.3) is 0 Å². The van der Waals surface area contributed by atoms with Crippen LogP contribution in [0.2, 0.25) is 5.02 Å². The zero-order chi connectivity index (χ0) is 29.5. The Balaban J connectivity index is 1.23. The van der Waals surface area contributed by atoms with Crippen LogP contribution in [0.4, 0.5) is 17.1 Å². The minimum absolute atomic E-state index is 0.675. The van der Waals surface area contributed by atoms with Gasteiger partial charge in [-0.25, -0.2) is 0 Å². The lowest BCUT2D eigenvalue weighted by atomic mass is 9.96. The zero-order valence-electron chi connectivity index (χ0n) is 23.7. The van der Waals surface area contributed by atoms with Crippen molar-refractivity contribution in [3.05, 3.63) is 163 Å². The molecule has 0 bridgehead atoms. The fourth-order valence-electron chi connectivity index (χ4n) is 5.78. The third-order valence-corrected chi connectivity index (χ3v) is 8.19. The Labute approximate surface area is 261 Å². The van der Waals surface area contributed by atoms with Crippen LogP contribution in [0.1, 0.15) is 0 Å². The highest BCUT2D eigenvalue weighted by Gasteiger charge is 2.25. The highest BCUT2D eigenvalue weighted by molar-refractivity contribution is 6.30. The molecule has 1 aliphatic heterocycles. The van der Waals surface area contributed by atoms with Gasteiger partial charge < -0.3 is 14.4 Å². The van der Waals surface area contributed by atoms with Crippen molar-refractivity contribution in [2.24, 2.45) is 0 Å². The minimum atomic E-state index is 0.675. The van der Waals surface area contributed by atoms with E-state index in [0.717, 1.165) is 50.1 Å². The molecule has 0 saturated heterocycles. The van der Waals surface area contributed by atoms with Crippen LogP contribution < -0.4 is 14.4 Å². The zero-order valence-corrected chi connectivity index (χ0v) is 24.4. The minimum Gasteiger partial charge on any atom is -0.449 e. The van der Waals surface area contributed by atoms with E-state index < -0.39 is 0 Å².